The molecule has 0 aliphatic rings. The molecule has 1 aromatic carbocycles. The van der Waals surface area contributed by atoms with Gasteiger partial charge < -0.3 is 15.2 Å². The fourth-order valence-electron chi connectivity index (χ4n) is 3.91. The van der Waals surface area contributed by atoms with Crippen molar-refractivity contribution >= 4 is 22.5 Å². The smallest absolute Gasteiger partial charge is 0.388 e. The van der Waals surface area contributed by atoms with Gasteiger partial charge in [-0.05, 0) is 49.2 Å². The molecule has 4 aromatic heterocycles. The second-order valence-electron chi connectivity index (χ2n) is 7.91. The summed E-state index contributed by atoms with van der Waals surface area (Å²) in [6.07, 6.45) is 2.01. The molecule has 0 unspecified atom stereocenters. The van der Waals surface area contributed by atoms with Crippen LogP contribution in [0.25, 0.3) is 28.1 Å². The molecule has 0 amide bonds. The van der Waals surface area contributed by atoms with E-state index in [0.717, 1.165) is 11.1 Å². The van der Waals surface area contributed by atoms with Gasteiger partial charge >= 0.3 is 6.61 Å². The first-order chi connectivity index (χ1) is 18.0. The number of aryl methyl sites for hydroxylation is 1. The van der Waals surface area contributed by atoms with Gasteiger partial charge in [0.05, 0.1) is 22.3 Å². The second-order valence-corrected chi connectivity index (χ2v) is 7.91. The number of imidazole rings is 1. The molecular formula is C24H19F2N9O2. The molecule has 11 nitrogen and oxygen atoms in total. The molecule has 0 aliphatic carbocycles. The first-order valence-electron chi connectivity index (χ1n) is 11.1. The number of aromatic nitrogens is 7. The molecule has 0 spiro atoms. The summed E-state index contributed by atoms with van der Waals surface area (Å²) in [5.74, 6) is 0.638. The lowest BCUT2D eigenvalue weighted by Gasteiger charge is -2.12. The predicted octanol–water partition coefficient (Wildman–Crippen LogP) is 3.66. The summed E-state index contributed by atoms with van der Waals surface area (Å²) < 4.78 is 30.6. The molecule has 0 saturated carbocycles. The van der Waals surface area contributed by atoms with E-state index >= 15 is 0 Å². The van der Waals surface area contributed by atoms with Crippen LogP contribution in [0.2, 0.25) is 0 Å². The molecule has 13 heteroatoms. The molecule has 0 radical (unpaired) electrons. The van der Waals surface area contributed by atoms with E-state index in [4.69, 9.17) is 4.98 Å². The van der Waals surface area contributed by atoms with Crippen LogP contribution < -0.4 is 10.1 Å². The lowest BCUT2D eigenvalue weighted by atomic mass is 10.0. The molecule has 186 valence electrons. The number of fused-ring (bicyclic) bond motifs is 1. The highest BCUT2D eigenvalue weighted by atomic mass is 19.3. The minimum Gasteiger partial charge on any atom is -0.415 e. The number of alkyl halides is 2. The monoisotopic (exact) mass is 503 g/mol. The van der Waals surface area contributed by atoms with Gasteiger partial charge in [0.25, 0.3) is 0 Å². The Balaban J connectivity index is 1.47. The SMILES string of the molecule is Cc1[nH]nc(C#N)c1-c1nc(-n2cnc3cc(Nc4ccc(OC(F)F)nn4)ccc32)ccc1CCO. The maximum absolute atomic E-state index is 12.3. The van der Waals surface area contributed by atoms with Gasteiger partial charge in [-0.3, -0.25) is 9.67 Å². The number of aromatic amines is 1. The number of anilines is 2. The lowest BCUT2D eigenvalue weighted by molar-refractivity contribution is -0.0534. The number of nitriles is 1. The maximum Gasteiger partial charge on any atom is 0.388 e. The van der Waals surface area contributed by atoms with Gasteiger partial charge in [-0.2, -0.15) is 19.1 Å². The van der Waals surface area contributed by atoms with Gasteiger partial charge in [-0.25, -0.2) is 9.97 Å². The van der Waals surface area contributed by atoms with E-state index in [1.807, 2.05) is 29.7 Å². The molecule has 0 atom stereocenters. The van der Waals surface area contributed by atoms with E-state index in [2.05, 4.69) is 41.5 Å². The van der Waals surface area contributed by atoms with E-state index < -0.39 is 6.61 Å². The van der Waals surface area contributed by atoms with Crippen LogP contribution in [0.15, 0.2) is 48.8 Å². The number of nitrogens with one attached hydrogen (secondary N) is 2. The van der Waals surface area contributed by atoms with E-state index in [0.29, 0.717) is 46.2 Å². The molecular weight excluding hydrogens is 484 g/mol. The topological polar surface area (TPSA) is 150 Å². The number of halogens is 2. The molecule has 0 aliphatic heterocycles. The Hall–Kier alpha value is -4.96. The van der Waals surface area contributed by atoms with Gasteiger partial charge in [0.15, 0.2) is 11.5 Å². The van der Waals surface area contributed by atoms with E-state index in [9.17, 15) is 19.1 Å². The van der Waals surface area contributed by atoms with Crippen molar-refractivity contribution in [3.8, 4) is 29.0 Å². The molecule has 5 rings (SSSR count). The lowest BCUT2D eigenvalue weighted by Crippen LogP contribution is -2.05. The van der Waals surface area contributed by atoms with Crippen molar-refractivity contribution in [3.05, 3.63) is 65.7 Å². The minimum absolute atomic E-state index is 0.0665. The van der Waals surface area contributed by atoms with Crippen molar-refractivity contribution in [2.45, 2.75) is 20.0 Å². The third kappa shape index (κ3) is 4.78. The average Bonchev–Trinajstić information content (AvgIpc) is 3.48. The van der Waals surface area contributed by atoms with Gasteiger partial charge in [-0.1, -0.05) is 6.07 Å². The Kier molecular flexibility index (Phi) is 6.40. The number of hydrogen-bond donors (Lipinski definition) is 3. The van der Waals surface area contributed by atoms with Crippen LogP contribution in [0, 0.1) is 18.3 Å². The standard InChI is InChI=1S/C24H19F2N9O2/c1-13-22(17(11-27)32-31-13)23-14(8-9-36)2-6-20(30-23)35-12-28-16-10-15(3-4-18(16)35)29-19-5-7-21(34-33-19)37-24(25)26/h2-7,10,12,24,36H,8-9H2,1H3,(H,29,33)(H,31,32). The largest absolute Gasteiger partial charge is 0.415 e. The van der Waals surface area contributed by atoms with Crippen molar-refractivity contribution in [1.29, 1.82) is 5.26 Å². The van der Waals surface area contributed by atoms with Crippen LogP contribution >= 0.6 is 0 Å². The third-order valence-corrected chi connectivity index (χ3v) is 5.55. The molecule has 0 fully saturated rings. The van der Waals surface area contributed by atoms with Crippen LogP contribution in [-0.4, -0.2) is 53.3 Å². The van der Waals surface area contributed by atoms with Crippen LogP contribution in [0.3, 0.4) is 0 Å². The van der Waals surface area contributed by atoms with Gasteiger partial charge in [0.1, 0.15) is 18.2 Å². The zero-order chi connectivity index (χ0) is 25.9. The summed E-state index contributed by atoms with van der Waals surface area (Å²) in [6, 6.07) is 14.0. The van der Waals surface area contributed by atoms with Gasteiger partial charge in [-0.15, -0.1) is 10.2 Å². The Morgan fingerprint density at radius 1 is 1.19 bits per heavy atom. The zero-order valence-electron chi connectivity index (χ0n) is 19.4. The fraction of sp³-hybridized carbons (Fsp3) is 0.167. The number of aliphatic hydroxyl groups is 1. The number of nitrogens with zero attached hydrogens (tertiary/aromatic N) is 7. The second kappa shape index (κ2) is 9.96. The molecule has 4 heterocycles. The molecule has 0 bridgehead atoms. The summed E-state index contributed by atoms with van der Waals surface area (Å²) >= 11 is 0. The number of H-pyrrole nitrogens is 1. The first-order valence-corrected chi connectivity index (χ1v) is 11.1. The Morgan fingerprint density at radius 3 is 2.78 bits per heavy atom. The summed E-state index contributed by atoms with van der Waals surface area (Å²) in [6.45, 7) is -1.23. The average molecular weight is 503 g/mol. The van der Waals surface area contributed by atoms with E-state index in [-0.39, 0.29) is 18.2 Å². The Bertz CT molecular complexity index is 1610. The number of benzene rings is 1. The first kappa shape index (κ1) is 23.8. The quantitative estimate of drug-likeness (QED) is 0.288. The van der Waals surface area contributed by atoms with Crippen LogP contribution in [-0.2, 0) is 6.42 Å². The number of pyridine rings is 1. The number of ether oxygens (including phenoxy) is 1. The zero-order valence-corrected chi connectivity index (χ0v) is 19.4. The molecule has 0 saturated heterocycles. The van der Waals surface area contributed by atoms with Gasteiger partial charge in [0.2, 0.25) is 5.88 Å². The highest BCUT2D eigenvalue weighted by Gasteiger charge is 2.19. The summed E-state index contributed by atoms with van der Waals surface area (Å²) in [5.41, 5.74) is 4.96. The van der Waals surface area contributed by atoms with Gasteiger partial charge in [0, 0.05) is 24.1 Å². The van der Waals surface area contributed by atoms with Crippen LogP contribution in [0.5, 0.6) is 5.88 Å². The highest BCUT2D eigenvalue weighted by Crippen LogP contribution is 2.30. The third-order valence-electron chi connectivity index (χ3n) is 5.55. The van der Waals surface area contributed by atoms with Crippen LogP contribution in [0.1, 0.15) is 17.0 Å². The van der Waals surface area contributed by atoms with Crippen molar-refractivity contribution in [3.63, 3.8) is 0 Å². The van der Waals surface area contributed by atoms with E-state index in [1.54, 1.807) is 18.5 Å². The van der Waals surface area contributed by atoms with Crippen molar-refractivity contribution in [1.82, 2.24) is 34.9 Å². The number of aliphatic hydroxyl groups excluding tert-OH is 1. The normalized spacial score (nSPS) is 11.1. The van der Waals surface area contributed by atoms with Crippen molar-refractivity contribution in [2.24, 2.45) is 0 Å². The molecule has 37 heavy (non-hydrogen) atoms. The van der Waals surface area contributed by atoms with Crippen molar-refractivity contribution < 1.29 is 18.6 Å². The van der Waals surface area contributed by atoms with E-state index in [1.165, 1.54) is 12.1 Å². The van der Waals surface area contributed by atoms with Crippen molar-refractivity contribution in [2.75, 3.05) is 11.9 Å². The minimum atomic E-state index is -2.97. The Labute approximate surface area is 208 Å². The molecule has 5 aromatic rings. The highest BCUT2D eigenvalue weighted by molar-refractivity contribution is 5.82. The van der Waals surface area contributed by atoms with Crippen LogP contribution in [0.4, 0.5) is 20.3 Å². The summed E-state index contributed by atoms with van der Waals surface area (Å²) in [5, 5.41) is 36.4. The number of rotatable bonds is 8. The summed E-state index contributed by atoms with van der Waals surface area (Å²) in [4.78, 5) is 9.30. The molecule has 3 N–H and O–H groups in total. The fourth-order valence-corrected chi connectivity index (χ4v) is 3.91. The maximum atomic E-state index is 12.3. The number of hydrogen-bond acceptors (Lipinski definition) is 9. The Morgan fingerprint density at radius 2 is 2.05 bits per heavy atom. The summed E-state index contributed by atoms with van der Waals surface area (Å²) in [7, 11) is 0. The predicted molar refractivity (Wildman–Crippen MR) is 129 cm³/mol.